The number of rotatable bonds is 6. The molecular weight excluding hydrogens is 362 g/mol. The highest BCUT2D eigenvalue weighted by molar-refractivity contribution is 5.75. The summed E-state index contributed by atoms with van der Waals surface area (Å²) >= 11 is 0. The molecule has 0 amide bonds. The third-order valence-corrected chi connectivity index (χ3v) is 5.65. The zero-order valence-electron chi connectivity index (χ0n) is 16.5. The van der Waals surface area contributed by atoms with E-state index in [2.05, 4.69) is 31.2 Å². The molecule has 0 unspecified atom stereocenters. The molecule has 148 valence electrons. The van der Waals surface area contributed by atoms with Crippen molar-refractivity contribution in [2.75, 3.05) is 37.6 Å². The highest BCUT2D eigenvalue weighted by Crippen LogP contribution is 2.17. The zero-order valence-corrected chi connectivity index (χ0v) is 16.5. The van der Waals surface area contributed by atoms with E-state index in [4.69, 9.17) is 4.98 Å². The predicted octanol–water partition coefficient (Wildman–Crippen LogP) is 2.98. The van der Waals surface area contributed by atoms with Crippen LogP contribution in [0.4, 0.5) is 5.82 Å². The second kappa shape index (κ2) is 8.13. The molecule has 0 spiro atoms. The topological polar surface area (TPSA) is 63.0 Å². The number of aryl methyl sites for hydroxylation is 1. The highest BCUT2D eigenvalue weighted by atomic mass is 15.4. The Kier molecular flexibility index (Phi) is 5.04. The van der Waals surface area contributed by atoms with Crippen LogP contribution in [0, 0.1) is 0 Å². The van der Waals surface area contributed by atoms with Crippen LogP contribution >= 0.6 is 0 Å². The molecule has 2 aromatic heterocycles. The highest BCUT2D eigenvalue weighted by Gasteiger charge is 2.18. The van der Waals surface area contributed by atoms with Gasteiger partial charge in [-0.25, -0.2) is 9.67 Å². The summed E-state index contributed by atoms with van der Waals surface area (Å²) < 4.78 is 2.02. The number of nitrogens with zero attached hydrogens (tertiary/aromatic N) is 7. The van der Waals surface area contributed by atoms with Crippen molar-refractivity contribution in [2.24, 2.45) is 0 Å². The quantitative estimate of drug-likeness (QED) is 0.474. The monoisotopic (exact) mass is 387 g/mol. The van der Waals surface area contributed by atoms with Crippen LogP contribution in [0.2, 0.25) is 0 Å². The molecular formula is C22H25N7. The molecule has 2 aromatic carbocycles. The van der Waals surface area contributed by atoms with Gasteiger partial charge in [-0.2, -0.15) is 0 Å². The normalized spacial score (nSPS) is 15.4. The Morgan fingerprint density at radius 3 is 2.34 bits per heavy atom. The Bertz CT molecular complexity index is 1100. The lowest BCUT2D eigenvalue weighted by atomic mass is 10.2. The van der Waals surface area contributed by atoms with E-state index in [9.17, 15) is 0 Å². The second-order valence-corrected chi connectivity index (χ2v) is 7.55. The minimum Gasteiger partial charge on any atom is -0.353 e. The van der Waals surface area contributed by atoms with Crippen molar-refractivity contribution in [3.8, 4) is 0 Å². The van der Waals surface area contributed by atoms with Crippen molar-refractivity contribution in [1.29, 1.82) is 0 Å². The molecule has 0 bridgehead atoms. The zero-order chi connectivity index (χ0) is 19.5. The molecule has 0 N–H and O–H groups in total. The van der Waals surface area contributed by atoms with E-state index in [1.54, 1.807) is 0 Å². The molecule has 1 aliphatic heterocycles. The van der Waals surface area contributed by atoms with Gasteiger partial charge >= 0.3 is 0 Å². The van der Waals surface area contributed by atoms with Gasteiger partial charge in [0.25, 0.3) is 0 Å². The second-order valence-electron chi connectivity index (χ2n) is 7.55. The minimum absolute atomic E-state index is 0.924. The van der Waals surface area contributed by atoms with Gasteiger partial charge in [0.2, 0.25) is 0 Å². The third kappa shape index (κ3) is 3.91. The molecule has 4 aromatic rings. The number of aromatic nitrogens is 5. The van der Waals surface area contributed by atoms with Crippen LogP contribution in [0.3, 0.4) is 0 Å². The Morgan fingerprint density at radius 2 is 1.48 bits per heavy atom. The maximum atomic E-state index is 4.78. The van der Waals surface area contributed by atoms with E-state index in [1.165, 1.54) is 6.42 Å². The van der Waals surface area contributed by atoms with E-state index in [1.807, 2.05) is 53.3 Å². The molecule has 1 fully saturated rings. The summed E-state index contributed by atoms with van der Waals surface area (Å²) in [5.41, 5.74) is 4.01. The van der Waals surface area contributed by atoms with Gasteiger partial charge in [0, 0.05) is 32.7 Å². The summed E-state index contributed by atoms with van der Waals surface area (Å²) in [7, 11) is 0. The first-order valence-corrected chi connectivity index (χ1v) is 10.3. The molecule has 0 saturated carbocycles. The molecule has 3 heterocycles. The number of hydrogen-bond acceptors (Lipinski definition) is 6. The van der Waals surface area contributed by atoms with Gasteiger partial charge in [-0.3, -0.25) is 9.88 Å². The lowest BCUT2D eigenvalue weighted by Gasteiger charge is -2.35. The van der Waals surface area contributed by atoms with E-state index >= 15 is 0 Å². The SMILES string of the molecule is c1ccc2nc(N3CCN(CCCCn4nnc5ccccc54)CC3)cnc2c1. The largest absolute Gasteiger partial charge is 0.353 e. The molecule has 0 radical (unpaired) electrons. The molecule has 29 heavy (non-hydrogen) atoms. The number of anilines is 1. The fourth-order valence-electron chi connectivity index (χ4n) is 3.98. The minimum atomic E-state index is 0.924. The molecule has 0 atom stereocenters. The Hall–Kier alpha value is -3.06. The number of para-hydroxylation sites is 3. The summed E-state index contributed by atoms with van der Waals surface area (Å²) in [6, 6.07) is 16.2. The van der Waals surface area contributed by atoms with Crippen LogP contribution in [0.15, 0.2) is 54.7 Å². The lowest BCUT2D eigenvalue weighted by Crippen LogP contribution is -2.47. The molecule has 7 heteroatoms. The maximum absolute atomic E-state index is 4.78. The average molecular weight is 387 g/mol. The summed E-state index contributed by atoms with van der Waals surface area (Å²) in [6.45, 7) is 6.19. The molecule has 7 nitrogen and oxygen atoms in total. The lowest BCUT2D eigenvalue weighted by molar-refractivity contribution is 0.250. The van der Waals surface area contributed by atoms with E-state index < -0.39 is 0 Å². The van der Waals surface area contributed by atoms with Crippen LogP contribution in [0.1, 0.15) is 12.8 Å². The van der Waals surface area contributed by atoms with Gasteiger partial charge in [-0.05, 0) is 43.7 Å². The average Bonchev–Trinajstić information content (AvgIpc) is 3.20. The smallest absolute Gasteiger partial charge is 0.147 e. The summed E-state index contributed by atoms with van der Waals surface area (Å²) in [4.78, 5) is 14.2. The van der Waals surface area contributed by atoms with Crippen molar-refractivity contribution >= 4 is 27.9 Å². The van der Waals surface area contributed by atoms with Gasteiger partial charge in [0.05, 0.1) is 22.7 Å². The number of benzene rings is 2. The van der Waals surface area contributed by atoms with E-state index in [0.717, 1.165) is 73.6 Å². The summed E-state index contributed by atoms with van der Waals surface area (Å²) in [5.74, 6) is 0.987. The van der Waals surface area contributed by atoms with E-state index in [0.29, 0.717) is 0 Å². The molecule has 5 rings (SSSR count). The summed E-state index contributed by atoms with van der Waals surface area (Å²) in [6.07, 6.45) is 4.19. The van der Waals surface area contributed by atoms with Gasteiger partial charge in [-0.15, -0.1) is 5.10 Å². The van der Waals surface area contributed by atoms with Gasteiger partial charge in [-0.1, -0.05) is 29.5 Å². The van der Waals surface area contributed by atoms with E-state index in [-0.39, 0.29) is 0 Å². The van der Waals surface area contributed by atoms with Crippen LogP contribution in [-0.4, -0.2) is 62.6 Å². The fourth-order valence-corrected chi connectivity index (χ4v) is 3.98. The Balaban J connectivity index is 1.09. The first-order chi connectivity index (χ1) is 14.4. The van der Waals surface area contributed by atoms with Crippen molar-refractivity contribution in [1.82, 2.24) is 29.9 Å². The van der Waals surface area contributed by atoms with Gasteiger partial charge in [0.15, 0.2) is 0 Å². The van der Waals surface area contributed by atoms with Crippen molar-refractivity contribution in [3.05, 3.63) is 54.7 Å². The number of fused-ring (bicyclic) bond motifs is 2. The maximum Gasteiger partial charge on any atom is 0.147 e. The molecule has 0 aliphatic carbocycles. The van der Waals surface area contributed by atoms with Gasteiger partial charge < -0.3 is 4.90 Å². The van der Waals surface area contributed by atoms with Crippen LogP contribution in [-0.2, 0) is 6.54 Å². The van der Waals surface area contributed by atoms with Crippen LogP contribution in [0.5, 0.6) is 0 Å². The van der Waals surface area contributed by atoms with Crippen molar-refractivity contribution in [2.45, 2.75) is 19.4 Å². The van der Waals surface area contributed by atoms with Crippen molar-refractivity contribution in [3.63, 3.8) is 0 Å². The first kappa shape index (κ1) is 18.0. The number of piperazine rings is 1. The molecule has 1 aliphatic rings. The first-order valence-electron chi connectivity index (χ1n) is 10.3. The Labute approximate surface area is 170 Å². The van der Waals surface area contributed by atoms with Crippen LogP contribution < -0.4 is 4.90 Å². The number of unbranched alkanes of at least 4 members (excludes halogenated alkanes) is 1. The van der Waals surface area contributed by atoms with Crippen LogP contribution in [0.25, 0.3) is 22.1 Å². The molecule has 1 saturated heterocycles. The third-order valence-electron chi connectivity index (χ3n) is 5.65. The number of hydrogen-bond donors (Lipinski definition) is 0. The predicted molar refractivity (Wildman–Crippen MR) is 115 cm³/mol. The fraction of sp³-hybridized carbons (Fsp3) is 0.364. The van der Waals surface area contributed by atoms with Crippen molar-refractivity contribution < 1.29 is 0 Å². The van der Waals surface area contributed by atoms with Gasteiger partial charge in [0.1, 0.15) is 11.3 Å². The standard InChI is InChI=1S/C22H25N7/c1-2-8-19-18(7-1)23-17-22(24-19)28-15-13-27(14-16-28)11-5-6-12-29-21-10-4-3-9-20(21)25-26-29/h1-4,7-10,17H,5-6,11-16H2. The summed E-state index contributed by atoms with van der Waals surface area (Å²) in [5, 5.41) is 8.51. The Morgan fingerprint density at radius 1 is 0.759 bits per heavy atom.